The lowest BCUT2D eigenvalue weighted by Crippen LogP contribution is -2.14. The molecule has 2 heterocycles. The average Bonchev–Trinajstić information content (AvgIpc) is 2.96. The summed E-state index contributed by atoms with van der Waals surface area (Å²) in [5.74, 6) is 0.899. The fourth-order valence-corrected chi connectivity index (χ4v) is 4.17. The Bertz CT molecular complexity index is 1040. The molecule has 3 aromatic rings. The van der Waals surface area contributed by atoms with Gasteiger partial charge in [-0.1, -0.05) is 23.7 Å². The highest BCUT2D eigenvalue weighted by Crippen LogP contribution is 2.42. The monoisotopic (exact) mass is 387 g/mol. The summed E-state index contributed by atoms with van der Waals surface area (Å²) in [5, 5.41) is 3.93. The summed E-state index contributed by atoms with van der Waals surface area (Å²) in [7, 11) is 0. The molecule has 7 heteroatoms. The summed E-state index contributed by atoms with van der Waals surface area (Å²) in [6, 6.07) is 10.4. The Hall–Kier alpha value is -2.57. The molecule has 1 N–H and O–H groups in total. The molecule has 4 rings (SSSR count). The van der Waals surface area contributed by atoms with Crippen molar-refractivity contribution in [3.63, 3.8) is 0 Å². The van der Waals surface area contributed by atoms with Crippen molar-refractivity contribution in [1.82, 2.24) is 0 Å². The zero-order valence-electron chi connectivity index (χ0n) is 13.8. The molecule has 0 spiro atoms. The maximum Gasteiger partial charge on any atom is 0.267 e. The van der Waals surface area contributed by atoms with E-state index in [0.717, 1.165) is 10.1 Å². The quantitative estimate of drug-likeness (QED) is 0.657. The van der Waals surface area contributed by atoms with Crippen molar-refractivity contribution in [1.29, 1.82) is 0 Å². The molecule has 0 saturated carbocycles. The van der Waals surface area contributed by atoms with E-state index in [4.69, 9.17) is 21.1 Å². The minimum absolute atomic E-state index is 0.0634. The van der Waals surface area contributed by atoms with Crippen molar-refractivity contribution in [2.45, 2.75) is 6.92 Å². The Morgan fingerprint density at radius 3 is 2.58 bits per heavy atom. The number of amides is 1. The Morgan fingerprint density at radius 2 is 1.85 bits per heavy atom. The van der Waals surface area contributed by atoms with E-state index >= 15 is 0 Å². The summed E-state index contributed by atoms with van der Waals surface area (Å²) in [4.78, 5) is 24.6. The van der Waals surface area contributed by atoms with Crippen molar-refractivity contribution in [3.8, 4) is 11.5 Å². The van der Waals surface area contributed by atoms with Gasteiger partial charge in [-0.05, 0) is 25.1 Å². The van der Waals surface area contributed by atoms with Crippen LogP contribution in [0, 0.1) is 0 Å². The second-order valence-corrected chi connectivity index (χ2v) is 7.26. The van der Waals surface area contributed by atoms with E-state index in [-0.39, 0.29) is 11.7 Å². The van der Waals surface area contributed by atoms with Crippen molar-refractivity contribution >= 4 is 50.4 Å². The first-order chi connectivity index (χ1) is 12.5. The summed E-state index contributed by atoms with van der Waals surface area (Å²) < 4.78 is 12.0. The van der Waals surface area contributed by atoms with Crippen LogP contribution in [0.3, 0.4) is 0 Å². The highest BCUT2D eigenvalue weighted by molar-refractivity contribution is 7.21. The molecule has 0 bridgehead atoms. The maximum atomic E-state index is 12.7. The number of anilines is 1. The summed E-state index contributed by atoms with van der Waals surface area (Å²) in [5.41, 5.74) is 1.08. The van der Waals surface area contributed by atoms with Crippen LogP contribution in [0.4, 0.5) is 5.69 Å². The largest absolute Gasteiger partial charge is 0.486 e. The molecule has 0 atom stereocenters. The highest BCUT2D eigenvalue weighted by atomic mass is 35.5. The van der Waals surface area contributed by atoms with Gasteiger partial charge >= 0.3 is 0 Å². The number of carbonyl (C=O) groups is 2. The number of ether oxygens (including phenoxy) is 2. The predicted octanol–water partition coefficient (Wildman–Crippen LogP) is 4.78. The van der Waals surface area contributed by atoms with Gasteiger partial charge in [0.25, 0.3) is 5.91 Å². The van der Waals surface area contributed by atoms with Gasteiger partial charge in [0.2, 0.25) is 0 Å². The van der Waals surface area contributed by atoms with Crippen LogP contribution in [0.25, 0.3) is 10.1 Å². The van der Waals surface area contributed by atoms with E-state index in [9.17, 15) is 9.59 Å². The van der Waals surface area contributed by atoms with Crippen LogP contribution in [-0.4, -0.2) is 24.9 Å². The summed E-state index contributed by atoms with van der Waals surface area (Å²) >= 11 is 7.73. The number of benzene rings is 2. The second-order valence-electron chi connectivity index (χ2n) is 5.83. The lowest BCUT2D eigenvalue weighted by atomic mass is 10.1. The van der Waals surface area contributed by atoms with Crippen molar-refractivity contribution in [2.24, 2.45) is 0 Å². The standard InChI is InChI=1S/C19H14ClNO4S/c1-10(22)11-3-2-4-12(7-11)21-19(23)18-17(20)13-8-14-15(9-16(13)26-18)25-6-5-24-14/h2-4,7-9H,5-6H2,1H3,(H,21,23). The van der Waals surface area contributed by atoms with Crippen LogP contribution >= 0.6 is 22.9 Å². The molecule has 1 aliphatic rings. The smallest absolute Gasteiger partial charge is 0.267 e. The molecule has 0 radical (unpaired) electrons. The van der Waals surface area contributed by atoms with Crippen molar-refractivity contribution in [3.05, 3.63) is 51.9 Å². The fraction of sp³-hybridized carbons (Fsp3) is 0.158. The molecule has 0 unspecified atom stereocenters. The zero-order valence-corrected chi connectivity index (χ0v) is 15.4. The molecule has 5 nitrogen and oxygen atoms in total. The van der Waals surface area contributed by atoms with Gasteiger partial charge in [-0.2, -0.15) is 0 Å². The van der Waals surface area contributed by atoms with Gasteiger partial charge in [0.1, 0.15) is 18.1 Å². The SMILES string of the molecule is CC(=O)c1cccc(NC(=O)c2sc3cc4c(cc3c2Cl)OCCO4)c1. The first-order valence-electron chi connectivity index (χ1n) is 7.97. The Balaban J connectivity index is 1.67. The third kappa shape index (κ3) is 3.02. The molecule has 1 aromatic heterocycles. The molecule has 1 amide bonds. The number of hydrogen-bond donors (Lipinski definition) is 1. The van der Waals surface area contributed by atoms with Crippen molar-refractivity contribution < 1.29 is 19.1 Å². The van der Waals surface area contributed by atoms with Crippen LogP contribution in [0.2, 0.25) is 5.02 Å². The highest BCUT2D eigenvalue weighted by Gasteiger charge is 2.21. The second kappa shape index (κ2) is 6.63. The molecule has 0 fully saturated rings. The maximum absolute atomic E-state index is 12.7. The number of carbonyl (C=O) groups excluding carboxylic acids is 2. The lowest BCUT2D eigenvalue weighted by Gasteiger charge is -2.18. The van der Waals surface area contributed by atoms with Crippen LogP contribution in [0.1, 0.15) is 27.0 Å². The minimum Gasteiger partial charge on any atom is -0.486 e. The molecule has 0 aliphatic carbocycles. The zero-order chi connectivity index (χ0) is 18.3. The Morgan fingerprint density at radius 1 is 1.12 bits per heavy atom. The van der Waals surface area contributed by atoms with Gasteiger partial charge in [-0.15, -0.1) is 11.3 Å². The first kappa shape index (κ1) is 16.9. The van der Waals surface area contributed by atoms with Crippen LogP contribution < -0.4 is 14.8 Å². The number of thiophene rings is 1. The van der Waals surface area contributed by atoms with Crippen molar-refractivity contribution in [2.75, 3.05) is 18.5 Å². The van der Waals surface area contributed by atoms with E-state index in [0.29, 0.717) is 45.9 Å². The van der Waals surface area contributed by atoms with Crippen LogP contribution in [0.5, 0.6) is 11.5 Å². The number of fused-ring (bicyclic) bond motifs is 2. The number of nitrogens with one attached hydrogen (secondary N) is 1. The van der Waals surface area contributed by atoms with Crippen LogP contribution in [-0.2, 0) is 0 Å². The summed E-state index contributed by atoms with van der Waals surface area (Å²) in [6.45, 7) is 2.47. The molecular weight excluding hydrogens is 374 g/mol. The van der Waals surface area contributed by atoms with Gasteiger partial charge in [-0.3, -0.25) is 9.59 Å². The van der Waals surface area contributed by atoms with Gasteiger partial charge in [0.05, 0.1) is 5.02 Å². The molecule has 1 aliphatic heterocycles. The Labute approximate surface area is 158 Å². The molecule has 132 valence electrons. The molecule has 26 heavy (non-hydrogen) atoms. The lowest BCUT2D eigenvalue weighted by molar-refractivity contribution is 0.101. The number of rotatable bonds is 3. The molecule has 2 aromatic carbocycles. The number of ketones is 1. The normalized spacial score (nSPS) is 12.8. The first-order valence-corrected chi connectivity index (χ1v) is 9.16. The number of Topliss-reactive ketones (excluding diaryl/α,β-unsaturated/α-hetero) is 1. The van der Waals surface area contributed by atoms with Gasteiger partial charge < -0.3 is 14.8 Å². The number of hydrogen-bond acceptors (Lipinski definition) is 5. The van der Waals surface area contributed by atoms with E-state index < -0.39 is 0 Å². The van der Waals surface area contributed by atoms with E-state index in [1.54, 1.807) is 30.3 Å². The van der Waals surface area contributed by atoms with Crippen LogP contribution in [0.15, 0.2) is 36.4 Å². The summed E-state index contributed by atoms with van der Waals surface area (Å²) in [6.07, 6.45) is 0. The molecular formula is C19H14ClNO4S. The third-order valence-corrected chi connectivity index (χ3v) is 5.68. The van der Waals surface area contributed by atoms with Gasteiger partial charge in [0.15, 0.2) is 17.3 Å². The molecule has 0 saturated heterocycles. The van der Waals surface area contributed by atoms with E-state index in [2.05, 4.69) is 5.32 Å². The fourth-order valence-electron chi connectivity index (χ4n) is 2.75. The van der Waals surface area contributed by atoms with Gasteiger partial charge in [-0.25, -0.2) is 0 Å². The van der Waals surface area contributed by atoms with E-state index in [1.807, 2.05) is 6.07 Å². The van der Waals surface area contributed by atoms with Gasteiger partial charge in [0, 0.05) is 27.4 Å². The van der Waals surface area contributed by atoms with E-state index in [1.165, 1.54) is 18.3 Å². The topological polar surface area (TPSA) is 64.6 Å². The third-order valence-electron chi connectivity index (χ3n) is 4.03. The predicted molar refractivity (Wildman–Crippen MR) is 102 cm³/mol. The Kier molecular flexibility index (Phi) is 4.30. The number of halogens is 1. The average molecular weight is 388 g/mol. The minimum atomic E-state index is -0.322.